The van der Waals surface area contributed by atoms with E-state index in [1.54, 1.807) is 6.07 Å². The average Bonchev–Trinajstić information content (AvgIpc) is 2.64. The second-order valence-electron chi connectivity index (χ2n) is 6.74. The van der Waals surface area contributed by atoms with E-state index in [9.17, 15) is 10.2 Å². The van der Waals surface area contributed by atoms with E-state index in [2.05, 4.69) is 43.4 Å². The zero-order valence-electron chi connectivity index (χ0n) is 16.4. The normalized spacial score (nSPS) is 12.0. The highest BCUT2D eigenvalue weighted by Crippen LogP contribution is 2.29. The van der Waals surface area contributed by atoms with Gasteiger partial charge in [0.15, 0.2) is 11.5 Å². The van der Waals surface area contributed by atoms with Gasteiger partial charge in [-0.05, 0) is 56.6 Å². The molecule has 0 unspecified atom stereocenters. The molecule has 1 rings (SSSR count). The summed E-state index contributed by atoms with van der Waals surface area (Å²) in [5.41, 5.74) is 0.852. The molecule has 0 bridgehead atoms. The maximum Gasteiger partial charge on any atom is 0.160 e. The van der Waals surface area contributed by atoms with Crippen molar-refractivity contribution < 1.29 is 10.2 Å². The molecule has 2 N–H and O–H groups in total. The summed E-state index contributed by atoms with van der Waals surface area (Å²) in [6.07, 6.45) is 26.0. The number of phenolic OH excluding ortho intramolecular Hbond substituents is 2. The zero-order valence-corrected chi connectivity index (χ0v) is 16.4. The molecule has 0 amide bonds. The third-order valence-corrected chi connectivity index (χ3v) is 4.45. The van der Waals surface area contributed by atoms with Gasteiger partial charge < -0.3 is 10.2 Å². The molecule has 0 aliphatic carbocycles. The van der Waals surface area contributed by atoms with Crippen LogP contribution in [0.4, 0.5) is 0 Å². The van der Waals surface area contributed by atoms with Gasteiger partial charge in [0.05, 0.1) is 0 Å². The van der Waals surface area contributed by atoms with Gasteiger partial charge in [-0.15, -0.1) is 0 Å². The minimum absolute atomic E-state index is 0.0145. The van der Waals surface area contributed by atoms with Crippen LogP contribution in [-0.2, 0) is 6.42 Å². The lowest BCUT2D eigenvalue weighted by Gasteiger charge is -2.06. The van der Waals surface area contributed by atoms with Crippen molar-refractivity contribution in [1.29, 1.82) is 0 Å². The van der Waals surface area contributed by atoms with Gasteiger partial charge >= 0.3 is 0 Å². The Morgan fingerprint density at radius 3 is 2.08 bits per heavy atom. The molecule has 2 heteroatoms. The van der Waals surface area contributed by atoms with Gasteiger partial charge in [-0.1, -0.05) is 81.2 Å². The molecular formula is C24H36O2. The molecule has 0 aliphatic heterocycles. The predicted octanol–water partition coefficient (Wildman–Crippen LogP) is 7.23. The van der Waals surface area contributed by atoms with E-state index in [1.807, 2.05) is 6.07 Å². The van der Waals surface area contributed by atoms with Crippen molar-refractivity contribution in [1.82, 2.24) is 0 Å². The van der Waals surface area contributed by atoms with Gasteiger partial charge in [-0.2, -0.15) is 0 Å². The third kappa shape index (κ3) is 10.8. The summed E-state index contributed by atoms with van der Waals surface area (Å²) in [7, 11) is 0. The van der Waals surface area contributed by atoms with Crippen LogP contribution in [0.2, 0.25) is 0 Å². The van der Waals surface area contributed by atoms with Gasteiger partial charge in [0.1, 0.15) is 0 Å². The molecule has 26 heavy (non-hydrogen) atoms. The third-order valence-electron chi connectivity index (χ3n) is 4.45. The standard InChI is InChI=1S/C24H36O2/c1-2-3-4-5-6-7-8-9-10-11-12-13-14-15-16-17-19-22-20-18-21-23(25)24(22)26/h3-4,6-7,9-10,18,20-21,25-26H,2,5,8,11-17,19H2,1H3/b4-3-,7-6-,10-9-. The average molecular weight is 357 g/mol. The van der Waals surface area contributed by atoms with Crippen LogP contribution in [-0.4, -0.2) is 10.2 Å². The Hall–Kier alpha value is -1.96. The van der Waals surface area contributed by atoms with Crippen LogP contribution in [0.5, 0.6) is 11.5 Å². The first-order valence-electron chi connectivity index (χ1n) is 10.2. The number of aryl methyl sites for hydroxylation is 1. The second kappa shape index (κ2) is 15.3. The molecule has 0 fully saturated rings. The SMILES string of the molecule is CC/C=C\C/C=C\C/C=C\CCCCCCCCc1cccc(O)c1O. The number of unbranched alkanes of at least 4 members (excludes halogenated alkanes) is 6. The lowest BCUT2D eigenvalue weighted by Crippen LogP contribution is -1.87. The van der Waals surface area contributed by atoms with Crippen molar-refractivity contribution in [3.63, 3.8) is 0 Å². The van der Waals surface area contributed by atoms with Gasteiger partial charge in [0, 0.05) is 0 Å². The monoisotopic (exact) mass is 356 g/mol. The Labute approximate surface area is 160 Å². The number of para-hydroxylation sites is 1. The fraction of sp³-hybridized carbons (Fsp3) is 0.500. The highest BCUT2D eigenvalue weighted by molar-refractivity contribution is 5.44. The largest absolute Gasteiger partial charge is 0.504 e. The lowest BCUT2D eigenvalue weighted by molar-refractivity contribution is 0.398. The van der Waals surface area contributed by atoms with Crippen LogP contribution in [0.1, 0.15) is 76.7 Å². The second-order valence-corrected chi connectivity index (χ2v) is 6.74. The minimum atomic E-state index is -0.0145. The van der Waals surface area contributed by atoms with Crippen LogP contribution < -0.4 is 0 Å². The van der Waals surface area contributed by atoms with Crippen molar-refractivity contribution in [2.75, 3.05) is 0 Å². The summed E-state index contributed by atoms with van der Waals surface area (Å²) in [4.78, 5) is 0. The predicted molar refractivity (Wildman–Crippen MR) is 113 cm³/mol. The number of rotatable bonds is 14. The summed E-state index contributed by atoms with van der Waals surface area (Å²) in [5, 5.41) is 19.2. The van der Waals surface area contributed by atoms with Gasteiger partial charge in [-0.3, -0.25) is 0 Å². The molecule has 0 atom stereocenters. The molecule has 0 aromatic heterocycles. The smallest absolute Gasteiger partial charge is 0.160 e. The topological polar surface area (TPSA) is 40.5 Å². The number of hydrogen-bond donors (Lipinski definition) is 2. The molecule has 0 aliphatic rings. The first-order chi connectivity index (χ1) is 12.8. The first kappa shape index (κ1) is 22.1. The number of hydrogen-bond acceptors (Lipinski definition) is 2. The first-order valence-corrected chi connectivity index (χ1v) is 10.2. The van der Waals surface area contributed by atoms with Gasteiger partial charge in [0.2, 0.25) is 0 Å². The van der Waals surface area contributed by atoms with E-state index in [0.717, 1.165) is 37.7 Å². The van der Waals surface area contributed by atoms with E-state index >= 15 is 0 Å². The molecule has 0 saturated heterocycles. The van der Waals surface area contributed by atoms with E-state index in [-0.39, 0.29) is 11.5 Å². The van der Waals surface area contributed by atoms with Crippen molar-refractivity contribution in [3.8, 4) is 11.5 Å². The van der Waals surface area contributed by atoms with E-state index < -0.39 is 0 Å². The Kier molecular flexibility index (Phi) is 13.0. The molecule has 0 saturated carbocycles. The molecule has 1 aromatic carbocycles. The van der Waals surface area contributed by atoms with Crippen molar-refractivity contribution in [3.05, 3.63) is 60.2 Å². The molecule has 144 valence electrons. The number of allylic oxidation sites excluding steroid dienone is 6. The molecule has 0 spiro atoms. The Balaban J connectivity index is 1.92. The minimum Gasteiger partial charge on any atom is -0.504 e. The summed E-state index contributed by atoms with van der Waals surface area (Å²) in [6, 6.07) is 5.20. The van der Waals surface area contributed by atoms with Crippen LogP contribution in [0.15, 0.2) is 54.7 Å². The van der Waals surface area contributed by atoms with Gasteiger partial charge in [-0.25, -0.2) is 0 Å². The summed E-state index contributed by atoms with van der Waals surface area (Å²) in [6.45, 7) is 2.16. The van der Waals surface area contributed by atoms with Crippen LogP contribution in [0, 0.1) is 0 Å². The number of phenols is 2. The van der Waals surface area contributed by atoms with Gasteiger partial charge in [0.25, 0.3) is 0 Å². The molecule has 2 nitrogen and oxygen atoms in total. The quantitative estimate of drug-likeness (QED) is 0.210. The van der Waals surface area contributed by atoms with Crippen molar-refractivity contribution >= 4 is 0 Å². The van der Waals surface area contributed by atoms with Crippen molar-refractivity contribution in [2.45, 2.75) is 77.6 Å². The lowest BCUT2D eigenvalue weighted by atomic mass is 10.0. The molecular weight excluding hydrogens is 320 g/mol. The summed E-state index contributed by atoms with van der Waals surface area (Å²) < 4.78 is 0. The summed E-state index contributed by atoms with van der Waals surface area (Å²) in [5.74, 6) is 0.0333. The Morgan fingerprint density at radius 2 is 1.35 bits per heavy atom. The van der Waals surface area contributed by atoms with Crippen molar-refractivity contribution in [2.24, 2.45) is 0 Å². The number of aromatic hydroxyl groups is 2. The summed E-state index contributed by atoms with van der Waals surface area (Å²) >= 11 is 0. The molecule has 0 radical (unpaired) electrons. The number of benzene rings is 1. The molecule has 0 heterocycles. The van der Waals surface area contributed by atoms with E-state index in [0.29, 0.717) is 0 Å². The van der Waals surface area contributed by atoms with E-state index in [1.165, 1.54) is 44.6 Å². The maximum atomic E-state index is 9.76. The fourth-order valence-corrected chi connectivity index (χ4v) is 2.89. The highest BCUT2D eigenvalue weighted by atomic mass is 16.3. The van der Waals surface area contributed by atoms with Crippen LogP contribution in [0.3, 0.4) is 0 Å². The fourth-order valence-electron chi connectivity index (χ4n) is 2.89. The highest BCUT2D eigenvalue weighted by Gasteiger charge is 2.04. The van der Waals surface area contributed by atoms with Crippen LogP contribution in [0.25, 0.3) is 0 Å². The Morgan fingerprint density at radius 1 is 0.731 bits per heavy atom. The molecule has 1 aromatic rings. The Bertz CT molecular complexity index is 555. The zero-order chi connectivity index (χ0) is 18.9. The van der Waals surface area contributed by atoms with Crippen LogP contribution >= 0.6 is 0 Å². The van der Waals surface area contributed by atoms with E-state index in [4.69, 9.17) is 0 Å². The maximum absolute atomic E-state index is 9.76.